The molecule has 0 fully saturated rings. The first-order valence-electron chi connectivity index (χ1n) is 19.5. The zero-order valence-electron chi connectivity index (χ0n) is 31.4. The van der Waals surface area contributed by atoms with Crippen molar-refractivity contribution in [1.82, 2.24) is 19.9 Å². The van der Waals surface area contributed by atoms with Crippen molar-refractivity contribution in [3.05, 3.63) is 202 Å². The Morgan fingerprint density at radius 2 is 0.814 bits per heavy atom. The molecular formula is C51H33Cl2N5O. The number of hydrogen-bond acceptors (Lipinski definition) is 4. The fraction of sp³-hybridized carbons (Fsp3) is 0.0392. The van der Waals surface area contributed by atoms with Crippen LogP contribution in [0.3, 0.4) is 0 Å². The standard InChI is InChI=1S/C51H33Cl2N5O/c52-34-22-13-23-35(53)46(34)49-47-48-44(32-18-9-3-10-19-32)40-28-26-38(55-40)42(30-14-5-1-6-15-30)36-24-25-37(54-36)43(31-16-7-2-8-17-31)39-27-29-41(56-39)45(33-20-11-4-12-21-33)50(57-48)51(47)59-58-49/h1-29,47,51,55-56H. The molecule has 282 valence electrons. The molecule has 0 aliphatic carbocycles. The van der Waals surface area contributed by atoms with E-state index in [0.29, 0.717) is 21.3 Å². The van der Waals surface area contributed by atoms with Gasteiger partial charge in [-0.2, -0.15) is 0 Å². The summed E-state index contributed by atoms with van der Waals surface area (Å²) in [6, 6.07) is 55.5. The van der Waals surface area contributed by atoms with Gasteiger partial charge in [0.2, 0.25) is 0 Å². The first-order valence-corrected chi connectivity index (χ1v) is 20.2. The van der Waals surface area contributed by atoms with Gasteiger partial charge in [-0.15, -0.1) is 0 Å². The van der Waals surface area contributed by atoms with Crippen LogP contribution in [0.4, 0.5) is 0 Å². The van der Waals surface area contributed by atoms with Gasteiger partial charge in [-0.25, -0.2) is 4.98 Å². The van der Waals surface area contributed by atoms with E-state index < -0.39 is 12.0 Å². The molecule has 8 bridgehead atoms. The molecule has 0 saturated heterocycles. The number of aromatic nitrogens is 4. The molecule has 6 nitrogen and oxygen atoms in total. The Labute approximate surface area is 350 Å². The predicted molar refractivity (Wildman–Crippen MR) is 241 cm³/mol. The van der Waals surface area contributed by atoms with Crippen LogP contribution in [-0.2, 0) is 4.84 Å². The normalized spacial score (nSPS) is 15.5. The topological polar surface area (TPSA) is 79.0 Å². The van der Waals surface area contributed by atoms with Crippen LogP contribution in [0.1, 0.15) is 40.4 Å². The number of aromatic amines is 2. The van der Waals surface area contributed by atoms with Gasteiger partial charge in [0.05, 0.1) is 38.7 Å². The maximum Gasteiger partial charge on any atom is 0.184 e. The molecule has 8 aromatic rings. The third-order valence-electron chi connectivity index (χ3n) is 11.2. The van der Waals surface area contributed by atoms with Crippen molar-refractivity contribution in [1.29, 1.82) is 0 Å². The second-order valence-corrected chi connectivity index (χ2v) is 15.5. The van der Waals surface area contributed by atoms with Crippen LogP contribution in [0.2, 0.25) is 10.0 Å². The van der Waals surface area contributed by atoms with Gasteiger partial charge in [-0.05, 0) is 70.8 Å². The number of hydrogen-bond donors (Lipinski definition) is 2. The van der Waals surface area contributed by atoms with E-state index in [1.807, 2.05) is 66.7 Å². The quantitative estimate of drug-likeness (QED) is 0.182. The number of nitrogens with one attached hydrogen (secondary N) is 2. The van der Waals surface area contributed by atoms with E-state index in [9.17, 15) is 0 Å². The monoisotopic (exact) mass is 801 g/mol. The second-order valence-electron chi connectivity index (χ2n) is 14.7. The van der Waals surface area contributed by atoms with Crippen LogP contribution in [-0.4, -0.2) is 25.6 Å². The average molecular weight is 803 g/mol. The van der Waals surface area contributed by atoms with Crippen molar-refractivity contribution >= 4 is 63.1 Å². The summed E-state index contributed by atoms with van der Waals surface area (Å²) in [5.41, 5.74) is 15.9. The number of nitrogens with zero attached hydrogens (tertiary/aromatic N) is 3. The molecule has 6 heterocycles. The molecule has 3 aromatic heterocycles. The summed E-state index contributed by atoms with van der Waals surface area (Å²) in [6.07, 6.45) is 3.63. The Hall–Kier alpha value is -6.99. The van der Waals surface area contributed by atoms with Gasteiger partial charge in [0, 0.05) is 49.9 Å². The van der Waals surface area contributed by atoms with E-state index in [1.165, 1.54) is 0 Å². The van der Waals surface area contributed by atoms with E-state index in [-0.39, 0.29) is 0 Å². The maximum atomic E-state index is 6.97. The summed E-state index contributed by atoms with van der Waals surface area (Å²) in [7, 11) is 0. The van der Waals surface area contributed by atoms with Crippen molar-refractivity contribution in [2.45, 2.75) is 12.0 Å². The molecule has 0 radical (unpaired) electrons. The molecule has 11 rings (SSSR count). The van der Waals surface area contributed by atoms with Crippen molar-refractivity contribution in [3.63, 3.8) is 0 Å². The van der Waals surface area contributed by atoms with Crippen LogP contribution in [0, 0.1) is 0 Å². The predicted octanol–water partition coefficient (Wildman–Crippen LogP) is 13.7. The molecule has 0 amide bonds. The van der Waals surface area contributed by atoms with Gasteiger partial charge in [0.15, 0.2) is 6.10 Å². The molecule has 8 heteroatoms. The van der Waals surface area contributed by atoms with Crippen molar-refractivity contribution < 1.29 is 4.84 Å². The summed E-state index contributed by atoms with van der Waals surface area (Å²) in [5.74, 6) is -0.462. The smallest absolute Gasteiger partial charge is 0.184 e. The second kappa shape index (κ2) is 14.4. The number of oxime groups is 1. The first-order chi connectivity index (χ1) is 29.1. The number of rotatable bonds is 5. The number of halogens is 2. The fourth-order valence-corrected chi connectivity index (χ4v) is 9.26. The average Bonchev–Trinajstić information content (AvgIpc) is 4.13. The van der Waals surface area contributed by atoms with Gasteiger partial charge >= 0.3 is 0 Å². The van der Waals surface area contributed by atoms with Gasteiger partial charge < -0.3 is 14.8 Å². The lowest BCUT2D eigenvalue weighted by Crippen LogP contribution is -2.14. The lowest BCUT2D eigenvalue weighted by molar-refractivity contribution is 0.0800. The summed E-state index contributed by atoms with van der Waals surface area (Å²) in [5, 5.41) is 5.79. The molecule has 2 unspecified atom stereocenters. The summed E-state index contributed by atoms with van der Waals surface area (Å²) < 4.78 is 0. The lowest BCUT2D eigenvalue weighted by atomic mass is 9.85. The van der Waals surface area contributed by atoms with Crippen LogP contribution in [0.25, 0.3) is 78.7 Å². The SMILES string of the molecule is Clc1cccc(Cl)c1C1=NOC2c3nc(c(-c4ccccc4)c4ccc([nH]4)c(-c4ccccc4)c4nc(c(-c5ccccc5)c5ccc([nH]5)c3-c3ccccc3)C=C4)C12. The number of benzene rings is 5. The highest BCUT2D eigenvalue weighted by Gasteiger charge is 2.47. The molecule has 3 aliphatic heterocycles. The van der Waals surface area contributed by atoms with E-state index in [2.05, 4.69) is 119 Å². The van der Waals surface area contributed by atoms with Crippen LogP contribution < -0.4 is 0 Å². The van der Waals surface area contributed by atoms with E-state index in [4.69, 9.17) is 43.2 Å². The molecule has 2 atom stereocenters. The highest BCUT2D eigenvalue weighted by molar-refractivity contribution is 6.40. The summed E-state index contributed by atoms with van der Waals surface area (Å²) >= 11 is 13.9. The van der Waals surface area contributed by atoms with Gasteiger partial charge in [0.1, 0.15) is 5.71 Å². The van der Waals surface area contributed by atoms with Crippen LogP contribution >= 0.6 is 23.2 Å². The van der Waals surface area contributed by atoms with Crippen molar-refractivity contribution in [2.24, 2.45) is 5.16 Å². The molecule has 0 spiro atoms. The van der Waals surface area contributed by atoms with Crippen LogP contribution in [0.5, 0.6) is 0 Å². The summed E-state index contributed by atoms with van der Waals surface area (Å²) in [6.45, 7) is 0. The zero-order valence-corrected chi connectivity index (χ0v) is 32.9. The summed E-state index contributed by atoms with van der Waals surface area (Å²) in [4.78, 5) is 25.4. The Balaban J connectivity index is 1.34. The van der Waals surface area contributed by atoms with Crippen LogP contribution in [0.15, 0.2) is 169 Å². The van der Waals surface area contributed by atoms with E-state index in [1.54, 1.807) is 0 Å². The first kappa shape index (κ1) is 35.2. The minimum atomic E-state index is -0.596. The largest absolute Gasteiger partial charge is 0.385 e. The molecule has 3 aliphatic rings. The minimum Gasteiger partial charge on any atom is -0.385 e. The lowest BCUT2D eigenvalue weighted by Gasteiger charge is -2.16. The molecule has 2 N–H and O–H groups in total. The van der Waals surface area contributed by atoms with Crippen molar-refractivity contribution in [2.75, 3.05) is 0 Å². The molecular weight excluding hydrogens is 770 g/mol. The number of fused-ring (bicyclic) bond motifs is 11. The van der Waals surface area contributed by atoms with Crippen molar-refractivity contribution in [3.8, 4) is 44.5 Å². The van der Waals surface area contributed by atoms with Gasteiger partial charge in [-0.3, -0.25) is 4.98 Å². The zero-order chi connectivity index (χ0) is 39.5. The maximum absolute atomic E-state index is 6.97. The van der Waals surface area contributed by atoms with Gasteiger partial charge in [-0.1, -0.05) is 156 Å². The van der Waals surface area contributed by atoms with Gasteiger partial charge in [0.25, 0.3) is 0 Å². The molecule has 0 saturated carbocycles. The number of H-pyrrole nitrogens is 2. The third kappa shape index (κ3) is 5.99. The van der Waals surface area contributed by atoms with E-state index >= 15 is 0 Å². The minimum absolute atomic E-state index is 0.462. The third-order valence-corrected chi connectivity index (χ3v) is 11.9. The Morgan fingerprint density at radius 3 is 1.27 bits per heavy atom. The highest BCUT2D eigenvalue weighted by Crippen LogP contribution is 2.52. The Bertz CT molecular complexity index is 3140. The Morgan fingerprint density at radius 1 is 0.407 bits per heavy atom. The Kier molecular flexibility index (Phi) is 8.61. The fourth-order valence-electron chi connectivity index (χ4n) is 8.67. The van der Waals surface area contributed by atoms with E-state index in [0.717, 1.165) is 89.4 Å². The molecule has 59 heavy (non-hydrogen) atoms. The highest BCUT2D eigenvalue weighted by atomic mass is 35.5. The molecule has 5 aromatic carbocycles.